The number of phenols is 2. The summed E-state index contributed by atoms with van der Waals surface area (Å²) in [6.07, 6.45) is -0.142. The fourth-order valence-electron chi connectivity index (χ4n) is 1.08. The van der Waals surface area contributed by atoms with Crippen molar-refractivity contribution >= 4 is 5.78 Å². The Morgan fingerprint density at radius 1 is 1.33 bits per heavy atom. The molecule has 82 valence electrons. The SMILES string of the molecule is NCCC(=O)c1cc(F)c(O)c(F)c1O. The third-order valence-corrected chi connectivity index (χ3v) is 1.84. The van der Waals surface area contributed by atoms with E-state index in [1.807, 2.05) is 0 Å². The second kappa shape index (κ2) is 4.22. The first-order valence-electron chi connectivity index (χ1n) is 4.12. The molecule has 0 fully saturated rings. The number of ketones is 1. The van der Waals surface area contributed by atoms with Crippen LogP contribution in [0, 0.1) is 11.6 Å². The van der Waals surface area contributed by atoms with Crippen LogP contribution in [0.4, 0.5) is 8.78 Å². The molecule has 0 saturated heterocycles. The van der Waals surface area contributed by atoms with Crippen LogP contribution in [0.25, 0.3) is 0 Å². The largest absolute Gasteiger partial charge is 0.504 e. The highest BCUT2D eigenvalue weighted by atomic mass is 19.1. The molecule has 1 rings (SSSR count). The Hall–Kier alpha value is -1.69. The van der Waals surface area contributed by atoms with Gasteiger partial charge < -0.3 is 15.9 Å². The van der Waals surface area contributed by atoms with E-state index in [0.717, 1.165) is 0 Å². The van der Waals surface area contributed by atoms with Crippen molar-refractivity contribution in [3.05, 3.63) is 23.3 Å². The van der Waals surface area contributed by atoms with Crippen molar-refractivity contribution in [3.8, 4) is 11.5 Å². The van der Waals surface area contributed by atoms with Gasteiger partial charge in [-0.3, -0.25) is 4.79 Å². The number of Topliss-reactive ketones (excluding diaryl/α,β-unsaturated/α-hetero) is 1. The Kier molecular flexibility index (Phi) is 3.21. The summed E-state index contributed by atoms with van der Waals surface area (Å²) in [4.78, 5) is 11.2. The number of phenolic OH excluding ortho intramolecular Hbond substituents is 2. The zero-order chi connectivity index (χ0) is 11.6. The van der Waals surface area contributed by atoms with E-state index in [0.29, 0.717) is 6.07 Å². The molecule has 0 aliphatic rings. The minimum atomic E-state index is -1.55. The van der Waals surface area contributed by atoms with Crippen LogP contribution in [-0.2, 0) is 0 Å². The predicted molar refractivity (Wildman–Crippen MR) is 47.7 cm³/mol. The Labute approximate surface area is 83.9 Å². The van der Waals surface area contributed by atoms with Crippen LogP contribution in [0.3, 0.4) is 0 Å². The molecule has 0 radical (unpaired) electrons. The van der Waals surface area contributed by atoms with Gasteiger partial charge in [0.15, 0.2) is 23.1 Å². The lowest BCUT2D eigenvalue weighted by molar-refractivity contribution is 0.0981. The average molecular weight is 217 g/mol. The topological polar surface area (TPSA) is 83.6 Å². The summed E-state index contributed by atoms with van der Waals surface area (Å²) in [5.74, 6) is -5.90. The van der Waals surface area contributed by atoms with Crippen LogP contribution in [0.2, 0.25) is 0 Å². The van der Waals surface area contributed by atoms with Gasteiger partial charge in [-0.05, 0) is 12.6 Å². The van der Waals surface area contributed by atoms with Crippen LogP contribution in [0.15, 0.2) is 6.07 Å². The van der Waals surface area contributed by atoms with E-state index in [1.165, 1.54) is 0 Å². The maximum Gasteiger partial charge on any atom is 0.210 e. The molecule has 0 heterocycles. The van der Waals surface area contributed by atoms with Crippen molar-refractivity contribution < 1.29 is 23.8 Å². The molecule has 0 saturated carbocycles. The maximum atomic E-state index is 12.9. The molecule has 0 spiro atoms. The van der Waals surface area contributed by atoms with Gasteiger partial charge in [-0.25, -0.2) is 4.39 Å². The molecular formula is C9H9F2NO3. The molecule has 0 atom stereocenters. The zero-order valence-corrected chi connectivity index (χ0v) is 7.63. The molecular weight excluding hydrogens is 208 g/mol. The average Bonchev–Trinajstić information content (AvgIpc) is 2.20. The molecule has 4 N–H and O–H groups in total. The van der Waals surface area contributed by atoms with Gasteiger partial charge in [0.05, 0.1) is 5.56 Å². The fraction of sp³-hybridized carbons (Fsp3) is 0.222. The molecule has 4 nitrogen and oxygen atoms in total. The second-order valence-corrected chi connectivity index (χ2v) is 2.88. The first kappa shape index (κ1) is 11.4. The molecule has 1 aromatic rings. The van der Waals surface area contributed by atoms with E-state index in [9.17, 15) is 13.6 Å². The third kappa shape index (κ3) is 2.04. The monoisotopic (exact) mass is 217 g/mol. The smallest absolute Gasteiger partial charge is 0.210 e. The van der Waals surface area contributed by atoms with E-state index in [1.54, 1.807) is 0 Å². The molecule has 0 unspecified atom stereocenters. The van der Waals surface area contributed by atoms with E-state index < -0.39 is 34.5 Å². The molecule has 0 amide bonds. The quantitative estimate of drug-likeness (QED) is 0.657. The summed E-state index contributed by atoms with van der Waals surface area (Å²) in [7, 11) is 0. The lowest BCUT2D eigenvalue weighted by Gasteiger charge is -2.06. The van der Waals surface area contributed by atoms with E-state index in [2.05, 4.69) is 0 Å². The van der Waals surface area contributed by atoms with Crippen LogP contribution in [-0.4, -0.2) is 22.5 Å². The van der Waals surface area contributed by atoms with Crippen molar-refractivity contribution in [3.63, 3.8) is 0 Å². The van der Waals surface area contributed by atoms with Gasteiger partial charge in [-0.15, -0.1) is 0 Å². The van der Waals surface area contributed by atoms with Crippen LogP contribution >= 0.6 is 0 Å². The summed E-state index contributed by atoms with van der Waals surface area (Å²) in [5, 5.41) is 17.9. The Morgan fingerprint density at radius 2 is 1.93 bits per heavy atom. The van der Waals surface area contributed by atoms with Crippen molar-refractivity contribution in [1.29, 1.82) is 0 Å². The van der Waals surface area contributed by atoms with Crippen LogP contribution in [0.1, 0.15) is 16.8 Å². The predicted octanol–water partition coefficient (Wildman–Crippen LogP) is 0.908. The number of nitrogens with two attached hydrogens (primary N) is 1. The van der Waals surface area contributed by atoms with Crippen molar-refractivity contribution in [2.45, 2.75) is 6.42 Å². The molecule has 6 heteroatoms. The van der Waals surface area contributed by atoms with Crippen molar-refractivity contribution in [2.75, 3.05) is 6.54 Å². The lowest BCUT2D eigenvalue weighted by atomic mass is 10.1. The first-order chi connectivity index (χ1) is 6.99. The minimum Gasteiger partial charge on any atom is -0.504 e. The lowest BCUT2D eigenvalue weighted by Crippen LogP contribution is -2.09. The highest BCUT2D eigenvalue weighted by Gasteiger charge is 2.21. The Balaban J connectivity index is 3.26. The first-order valence-corrected chi connectivity index (χ1v) is 4.12. The maximum absolute atomic E-state index is 12.9. The normalized spacial score (nSPS) is 10.3. The highest BCUT2D eigenvalue weighted by Crippen LogP contribution is 2.31. The van der Waals surface area contributed by atoms with Crippen LogP contribution in [0.5, 0.6) is 11.5 Å². The summed E-state index contributed by atoms with van der Waals surface area (Å²) in [6.45, 7) is 0.00237. The van der Waals surface area contributed by atoms with Gasteiger partial charge in [-0.1, -0.05) is 0 Å². The standard InChI is InChI=1S/C9H9F2NO3/c10-5-3-4(6(13)1-2-12)8(14)7(11)9(5)15/h3,14-15H,1-2,12H2. The number of carbonyl (C=O) groups is 1. The van der Waals surface area contributed by atoms with E-state index in [-0.39, 0.29) is 13.0 Å². The minimum absolute atomic E-state index is 0.00237. The zero-order valence-electron chi connectivity index (χ0n) is 7.63. The molecule has 15 heavy (non-hydrogen) atoms. The van der Waals surface area contributed by atoms with Crippen molar-refractivity contribution in [2.24, 2.45) is 5.73 Å². The number of carbonyl (C=O) groups excluding carboxylic acids is 1. The van der Waals surface area contributed by atoms with Crippen LogP contribution < -0.4 is 5.73 Å². The van der Waals surface area contributed by atoms with Gasteiger partial charge in [0.25, 0.3) is 0 Å². The Morgan fingerprint density at radius 3 is 2.47 bits per heavy atom. The number of benzene rings is 1. The highest BCUT2D eigenvalue weighted by molar-refractivity contribution is 5.98. The second-order valence-electron chi connectivity index (χ2n) is 2.88. The summed E-state index contributed by atoms with van der Waals surface area (Å²) >= 11 is 0. The van der Waals surface area contributed by atoms with Gasteiger partial charge in [0.2, 0.25) is 5.82 Å². The van der Waals surface area contributed by atoms with Gasteiger partial charge in [0.1, 0.15) is 0 Å². The number of aromatic hydroxyl groups is 2. The number of hydrogen-bond donors (Lipinski definition) is 3. The molecule has 0 aliphatic heterocycles. The third-order valence-electron chi connectivity index (χ3n) is 1.84. The summed E-state index contributed by atoms with van der Waals surface area (Å²) in [5.41, 5.74) is 4.56. The fourth-order valence-corrected chi connectivity index (χ4v) is 1.08. The molecule has 1 aromatic carbocycles. The van der Waals surface area contributed by atoms with Gasteiger partial charge in [0, 0.05) is 6.42 Å². The molecule has 0 bridgehead atoms. The van der Waals surface area contributed by atoms with E-state index in [4.69, 9.17) is 15.9 Å². The Bertz CT molecular complexity index is 407. The van der Waals surface area contributed by atoms with Crippen molar-refractivity contribution in [1.82, 2.24) is 0 Å². The molecule has 0 aromatic heterocycles. The number of hydrogen-bond acceptors (Lipinski definition) is 4. The molecule has 0 aliphatic carbocycles. The number of halogens is 2. The van der Waals surface area contributed by atoms with Gasteiger partial charge >= 0.3 is 0 Å². The summed E-state index contributed by atoms with van der Waals surface area (Å²) in [6, 6.07) is 0.575. The van der Waals surface area contributed by atoms with Gasteiger partial charge in [-0.2, -0.15) is 4.39 Å². The summed E-state index contributed by atoms with van der Waals surface area (Å²) < 4.78 is 25.8. The number of rotatable bonds is 3. The van der Waals surface area contributed by atoms with E-state index >= 15 is 0 Å².